The summed E-state index contributed by atoms with van der Waals surface area (Å²) in [7, 11) is 1.62. The van der Waals surface area contributed by atoms with Crippen molar-refractivity contribution >= 4 is 0 Å². The lowest BCUT2D eigenvalue weighted by molar-refractivity contribution is 0.221. The molecule has 86 valence electrons. The summed E-state index contributed by atoms with van der Waals surface area (Å²) >= 11 is 0. The second-order valence-electron chi connectivity index (χ2n) is 3.76. The summed E-state index contributed by atoms with van der Waals surface area (Å²) in [6.07, 6.45) is 7.18. The molecule has 0 spiro atoms. The van der Waals surface area contributed by atoms with E-state index in [2.05, 4.69) is 4.98 Å². The van der Waals surface area contributed by atoms with Crippen molar-refractivity contribution in [3.05, 3.63) is 35.9 Å². The minimum Gasteiger partial charge on any atom is -0.501 e. The molecule has 2 heterocycles. The van der Waals surface area contributed by atoms with Crippen LogP contribution in [0, 0.1) is 0 Å². The van der Waals surface area contributed by atoms with E-state index in [1.165, 1.54) is 0 Å². The molecule has 1 aromatic rings. The molecule has 0 radical (unpaired) electrons. The number of ether oxygens (including phenoxy) is 2. The summed E-state index contributed by atoms with van der Waals surface area (Å²) in [5, 5.41) is 0. The number of hydrogen-bond acceptors (Lipinski definition) is 4. The zero-order valence-electron chi connectivity index (χ0n) is 9.35. The Labute approximate surface area is 95.1 Å². The second-order valence-corrected chi connectivity index (χ2v) is 3.76. The molecule has 2 rings (SSSR count). The molecule has 2 N–H and O–H groups in total. The van der Waals surface area contributed by atoms with Gasteiger partial charge in [0, 0.05) is 11.8 Å². The van der Waals surface area contributed by atoms with E-state index in [1.807, 2.05) is 6.07 Å². The topological polar surface area (TPSA) is 57.4 Å². The van der Waals surface area contributed by atoms with Crippen molar-refractivity contribution in [2.24, 2.45) is 5.73 Å². The minimum absolute atomic E-state index is 0.168. The molecule has 1 atom stereocenters. The number of rotatable bonds is 3. The van der Waals surface area contributed by atoms with Gasteiger partial charge < -0.3 is 15.2 Å². The first-order chi connectivity index (χ1) is 7.83. The van der Waals surface area contributed by atoms with Gasteiger partial charge in [0.2, 0.25) is 0 Å². The van der Waals surface area contributed by atoms with Crippen molar-refractivity contribution in [3.8, 4) is 5.75 Å². The number of nitrogens with zero attached hydrogens (tertiary/aromatic N) is 1. The normalized spacial score (nSPS) is 17.2. The fourth-order valence-electron chi connectivity index (χ4n) is 1.83. The molecule has 0 aromatic carbocycles. The maximum Gasteiger partial charge on any atom is 0.142 e. The highest BCUT2D eigenvalue weighted by atomic mass is 16.5. The average molecular weight is 220 g/mol. The van der Waals surface area contributed by atoms with Gasteiger partial charge >= 0.3 is 0 Å². The summed E-state index contributed by atoms with van der Waals surface area (Å²) in [5.74, 6) is 0.724. The molecule has 1 unspecified atom stereocenters. The summed E-state index contributed by atoms with van der Waals surface area (Å²) in [4.78, 5) is 4.01. The number of hydrogen-bond donors (Lipinski definition) is 1. The maximum atomic E-state index is 6.19. The SMILES string of the molecule is COc1cnccc1C(N)C1=COCCC1. The van der Waals surface area contributed by atoms with Crippen molar-refractivity contribution in [2.75, 3.05) is 13.7 Å². The van der Waals surface area contributed by atoms with Crippen molar-refractivity contribution in [2.45, 2.75) is 18.9 Å². The Morgan fingerprint density at radius 3 is 3.12 bits per heavy atom. The maximum absolute atomic E-state index is 6.19. The lowest BCUT2D eigenvalue weighted by atomic mass is 9.96. The highest BCUT2D eigenvalue weighted by molar-refractivity contribution is 5.37. The molecular weight excluding hydrogens is 204 g/mol. The van der Waals surface area contributed by atoms with Gasteiger partial charge in [0.1, 0.15) is 5.75 Å². The first-order valence-electron chi connectivity index (χ1n) is 5.37. The van der Waals surface area contributed by atoms with Crippen LogP contribution < -0.4 is 10.5 Å². The van der Waals surface area contributed by atoms with E-state index in [1.54, 1.807) is 25.8 Å². The Bertz CT molecular complexity index is 390. The Kier molecular flexibility index (Phi) is 3.41. The largest absolute Gasteiger partial charge is 0.501 e. The van der Waals surface area contributed by atoms with Gasteiger partial charge in [0.25, 0.3) is 0 Å². The fraction of sp³-hybridized carbons (Fsp3) is 0.417. The molecule has 0 bridgehead atoms. The zero-order valence-corrected chi connectivity index (χ0v) is 9.35. The smallest absolute Gasteiger partial charge is 0.142 e. The monoisotopic (exact) mass is 220 g/mol. The molecule has 0 amide bonds. The van der Waals surface area contributed by atoms with E-state index in [0.29, 0.717) is 0 Å². The van der Waals surface area contributed by atoms with Gasteiger partial charge in [-0.1, -0.05) is 0 Å². The standard InChI is InChI=1S/C12H16N2O2/c1-15-11-7-14-5-4-10(11)12(13)9-3-2-6-16-8-9/h4-5,7-8,12H,2-3,6,13H2,1H3. The third-order valence-corrected chi connectivity index (χ3v) is 2.73. The van der Waals surface area contributed by atoms with Crippen LogP contribution in [0.1, 0.15) is 24.4 Å². The molecule has 4 heteroatoms. The predicted octanol–water partition coefficient (Wildman–Crippen LogP) is 1.78. The second kappa shape index (κ2) is 4.99. The molecule has 0 fully saturated rings. The molecule has 1 aromatic heterocycles. The van der Waals surface area contributed by atoms with Crippen LogP contribution in [0.3, 0.4) is 0 Å². The van der Waals surface area contributed by atoms with Crippen LogP contribution in [-0.2, 0) is 4.74 Å². The van der Waals surface area contributed by atoms with Crippen LogP contribution in [0.25, 0.3) is 0 Å². The molecule has 16 heavy (non-hydrogen) atoms. The van der Waals surface area contributed by atoms with E-state index in [4.69, 9.17) is 15.2 Å². The van der Waals surface area contributed by atoms with Crippen LogP contribution in [0.5, 0.6) is 5.75 Å². The summed E-state index contributed by atoms with van der Waals surface area (Å²) in [6.45, 7) is 0.781. The molecule has 0 saturated carbocycles. The van der Waals surface area contributed by atoms with Gasteiger partial charge in [-0.2, -0.15) is 0 Å². The van der Waals surface area contributed by atoms with E-state index >= 15 is 0 Å². The van der Waals surface area contributed by atoms with E-state index in [-0.39, 0.29) is 6.04 Å². The van der Waals surface area contributed by atoms with Crippen molar-refractivity contribution in [3.63, 3.8) is 0 Å². The molecule has 0 aliphatic carbocycles. The Morgan fingerprint density at radius 2 is 2.44 bits per heavy atom. The first kappa shape index (κ1) is 11.0. The molecule has 0 saturated heterocycles. The van der Waals surface area contributed by atoms with Gasteiger partial charge in [-0.05, 0) is 24.5 Å². The molecular formula is C12H16N2O2. The summed E-state index contributed by atoms with van der Waals surface area (Å²) < 4.78 is 10.5. The van der Waals surface area contributed by atoms with Crippen LogP contribution >= 0.6 is 0 Å². The van der Waals surface area contributed by atoms with Crippen LogP contribution in [-0.4, -0.2) is 18.7 Å². The van der Waals surface area contributed by atoms with Crippen LogP contribution in [0.2, 0.25) is 0 Å². The molecule has 4 nitrogen and oxygen atoms in total. The number of methoxy groups -OCH3 is 1. The highest BCUT2D eigenvalue weighted by Crippen LogP contribution is 2.30. The van der Waals surface area contributed by atoms with Gasteiger partial charge in [0.15, 0.2) is 0 Å². The van der Waals surface area contributed by atoms with E-state index in [9.17, 15) is 0 Å². The van der Waals surface area contributed by atoms with Gasteiger partial charge in [-0.3, -0.25) is 4.98 Å². The number of nitrogens with two attached hydrogens (primary N) is 1. The van der Waals surface area contributed by atoms with E-state index in [0.717, 1.165) is 36.3 Å². The summed E-state index contributed by atoms with van der Waals surface area (Å²) in [5.41, 5.74) is 8.25. The average Bonchev–Trinajstić information content (AvgIpc) is 2.39. The van der Waals surface area contributed by atoms with E-state index < -0.39 is 0 Å². The Hall–Kier alpha value is -1.55. The Morgan fingerprint density at radius 1 is 1.56 bits per heavy atom. The van der Waals surface area contributed by atoms with Gasteiger partial charge in [0.05, 0.1) is 32.2 Å². The Balaban J connectivity index is 2.25. The first-order valence-corrected chi connectivity index (χ1v) is 5.37. The lowest BCUT2D eigenvalue weighted by Gasteiger charge is -2.21. The van der Waals surface area contributed by atoms with Crippen molar-refractivity contribution < 1.29 is 9.47 Å². The van der Waals surface area contributed by atoms with Crippen LogP contribution in [0.4, 0.5) is 0 Å². The predicted molar refractivity (Wildman–Crippen MR) is 61.0 cm³/mol. The van der Waals surface area contributed by atoms with Crippen molar-refractivity contribution in [1.82, 2.24) is 4.98 Å². The molecule has 1 aliphatic rings. The minimum atomic E-state index is -0.168. The van der Waals surface area contributed by atoms with Crippen molar-refractivity contribution in [1.29, 1.82) is 0 Å². The number of pyridine rings is 1. The summed E-state index contributed by atoms with van der Waals surface area (Å²) in [6, 6.07) is 1.72. The quantitative estimate of drug-likeness (QED) is 0.843. The fourth-order valence-corrected chi connectivity index (χ4v) is 1.83. The lowest BCUT2D eigenvalue weighted by Crippen LogP contribution is -2.17. The number of aromatic nitrogens is 1. The third kappa shape index (κ3) is 2.17. The zero-order chi connectivity index (χ0) is 11.4. The third-order valence-electron chi connectivity index (χ3n) is 2.73. The molecule has 1 aliphatic heterocycles. The van der Waals surface area contributed by atoms with Gasteiger partial charge in [-0.25, -0.2) is 0 Å². The highest BCUT2D eigenvalue weighted by Gasteiger charge is 2.18. The van der Waals surface area contributed by atoms with Crippen LogP contribution in [0.15, 0.2) is 30.3 Å². The van der Waals surface area contributed by atoms with Gasteiger partial charge in [-0.15, -0.1) is 0 Å².